The number of thioether (sulfide) groups is 3. The molecule has 0 aliphatic rings. The normalized spacial score (nSPS) is 11.6. The summed E-state index contributed by atoms with van der Waals surface area (Å²) in [4.78, 5) is 249. The first kappa shape index (κ1) is 183. The molecule has 0 aliphatic carbocycles. The minimum absolute atomic E-state index is 0.0202. The molecular weight excluding hydrogens is 2330 g/mol. The first-order valence-corrected chi connectivity index (χ1v) is 97.1. The van der Waals surface area contributed by atoms with E-state index in [1.165, 1.54) is 35.3 Å². The number of aldehydes is 16. The van der Waals surface area contributed by atoms with Crippen LogP contribution in [0.4, 0.5) is 0 Å². The summed E-state index contributed by atoms with van der Waals surface area (Å²) in [5, 5.41) is 27.9. The van der Waals surface area contributed by atoms with Crippen LogP contribution in [0.25, 0.3) is 0 Å². The molecule has 13 N–H and O–H groups in total. The Morgan fingerprint density at radius 2 is 0.427 bits per heavy atom. The van der Waals surface area contributed by atoms with Crippen LogP contribution in [0.3, 0.4) is 0 Å². The molecule has 0 aromatic heterocycles. The van der Waals surface area contributed by atoms with Crippen LogP contribution in [-0.2, 0) is 169 Å². The van der Waals surface area contributed by atoms with Crippen molar-refractivity contribution in [3.05, 3.63) is 12.7 Å². The van der Waals surface area contributed by atoms with Crippen LogP contribution >= 0.6 is 35.3 Å². The monoisotopic (exact) mass is 2520 g/mol. The number of ether oxygens (including phenoxy) is 8. The summed E-state index contributed by atoms with van der Waals surface area (Å²) in [5.74, 6) is -1.72. The maximum atomic E-state index is 9.91. The van der Waals surface area contributed by atoms with E-state index in [9.17, 15) is 63.0 Å². The molecule has 0 saturated heterocycles. The summed E-state index contributed by atoms with van der Waals surface area (Å²) in [6.45, 7) is 83.8. The smallest absolute Gasteiger partial charge is 0.480 e. The number of hydrogen-bond acceptors (Lipinski definition) is 52. The highest BCUT2D eigenvalue weighted by molar-refractivity contribution is 8.01. The van der Waals surface area contributed by atoms with Crippen LogP contribution < -0.4 is 0 Å². The van der Waals surface area contributed by atoms with Gasteiger partial charge in [0.05, 0.1) is 66.8 Å². The summed E-state index contributed by atoms with van der Waals surface area (Å²) in [6, 6.07) is 0.318. The fourth-order valence-corrected chi connectivity index (χ4v) is 73.4. The predicted molar refractivity (Wildman–Crippen MR) is 615 cm³/mol. The second-order valence-corrected chi connectivity index (χ2v) is 102. The van der Waals surface area contributed by atoms with E-state index in [2.05, 4.69) is 110 Å². The average molecular weight is 2530 g/mol. The molecule has 0 rings (SSSR count). The van der Waals surface area contributed by atoms with Gasteiger partial charge in [-0.2, -0.15) is 0 Å². The molecular formula is C80H190O50S3Si17. The number of carbonyl (C=O) groups is 17. The largest absolute Gasteiger partial charge is 0.497 e. The Balaban J connectivity index is -0.0000000946. The zero-order valence-electron chi connectivity index (χ0n) is 95.7. The maximum Gasteiger partial charge on any atom is 0.497 e. The molecule has 0 aliphatic heterocycles. The van der Waals surface area contributed by atoms with Crippen molar-refractivity contribution in [1.82, 2.24) is 0 Å². The molecule has 0 atom stereocenters. The van der Waals surface area contributed by atoms with Crippen molar-refractivity contribution in [3.63, 3.8) is 0 Å². The second kappa shape index (κ2) is 107. The minimum atomic E-state index is -3.65. The highest BCUT2D eigenvalue weighted by atomic mass is 32.2. The van der Waals surface area contributed by atoms with Crippen molar-refractivity contribution in [2.45, 2.75) is 276 Å². The number of carboxylic acids is 1. The summed E-state index contributed by atoms with van der Waals surface area (Å²) in [6.07, 6.45) is 4.87. The molecule has 0 unspecified atom stereocenters. The molecule has 0 saturated carbocycles. The fourth-order valence-electron chi connectivity index (χ4n) is 9.54. The third kappa shape index (κ3) is 199. The van der Waals surface area contributed by atoms with Gasteiger partial charge < -0.3 is 151 Å². The highest BCUT2D eigenvalue weighted by Gasteiger charge is 2.49. The van der Waals surface area contributed by atoms with E-state index < -0.39 is 157 Å². The Hall–Kier alpha value is -2.61. The number of carbonyl (C=O) groups excluding carboxylic acids is 16. The van der Waals surface area contributed by atoms with Crippen LogP contribution in [0.15, 0.2) is 12.7 Å². The molecule has 0 amide bonds. The molecule has 0 spiro atoms. The van der Waals surface area contributed by atoms with E-state index in [0.29, 0.717) is 83.9 Å². The van der Waals surface area contributed by atoms with Crippen LogP contribution in [0.5, 0.6) is 0 Å². The predicted octanol–water partition coefficient (Wildman–Crippen LogP) is 6.28. The Morgan fingerprint density at radius 1 is 0.253 bits per heavy atom. The van der Waals surface area contributed by atoms with Gasteiger partial charge in [-0.05, 0) is 252 Å². The van der Waals surface area contributed by atoms with Crippen LogP contribution in [0.2, 0.25) is 208 Å². The Morgan fingerprint density at radius 3 is 0.573 bits per heavy atom. The van der Waals surface area contributed by atoms with Crippen molar-refractivity contribution in [2.24, 2.45) is 0 Å². The quantitative estimate of drug-likeness (QED) is 0.00795. The zero-order chi connectivity index (χ0) is 122. The van der Waals surface area contributed by atoms with E-state index in [-0.39, 0.29) is 148 Å². The first-order chi connectivity index (χ1) is 67.8. The number of rotatable bonds is 65. The first-order valence-electron chi connectivity index (χ1n) is 46.2. The van der Waals surface area contributed by atoms with Crippen molar-refractivity contribution >= 4 is 287 Å². The van der Waals surface area contributed by atoms with Gasteiger partial charge >= 0.3 is 101 Å². The van der Waals surface area contributed by atoms with Crippen molar-refractivity contribution in [1.29, 1.82) is 0 Å². The second-order valence-electron chi connectivity index (χ2n) is 36.6. The van der Waals surface area contributed by atoms with Gasteiger partial charge in [0, 0.05) is 64.9 Å². The number of carboxylic acid groups (broad SMARTS) is 1. The molecule has 0 aromatic carbocycles. The van der Waals surface area contributed by atoms with Gasteiger partial charge in [0.1, 0.15) is 6.61 Å². The molecule has 896 valence electrons. The molecule has 0 bridgehead atoms. The fraction of sp³-hybridized carbons (Fsp3) is 0.762. The lowest BCUT2D eigenvalue weighted by molar-refractivity contribution is -0.309. The maximum absolute atomic E-state index is 9.91. The zero-order valence-corrected chi connectivity index (χ0v) is 115. The van der Waals surface area contributed by atoms with Crippen LogP contribution in [0, 0.1) is 0 Å². The molecule has 150 heavy (non-hydrogen) atoms. The summed E-state index contributed by atoms with van der Waals surface area (Å²) >= 11 is 4.01. The molecule has 0 fully saturated rings. The standard InChI is InChI=1S/C10H26O5Si2.3C9H26O5SSi3.2C9H26O5Si3.C5H10O.C4H8O3.8C2H2O2/c1-7-13-9-8-10(11,12)14-17(5,6)15-16(2,3)4;3*1-7-12-8-15-9-18(10,11)14-17(5,6)13-16(2,3)4;2*1-7-12-8-9-17(10,11)14-16(5,6)13-15(2,3)4;1-3-5-6-4-2;1-2-7-3-4(5)6;8*3-1-2-4/h11-12H,7-9H2,1-6H3;3*10-11H,7-9H2,1-6H3;2*10-11H,7-9H2,1-6H3;3H,1,4-5H2,2H3;2-3H2,1H3,(H,5,6);8*1-2H. The SMILES string of the molecule is C=CCOCC.CCOCC(=O)O.CCOCCC(O)(O)O[Si](C)(C)O[Si](C)(C)C.CCOCC[Si](O)(O)O[Si](C)(C)O[Si](C)(C)C.CCOCC[Si](O)(O)O[Si](C)(C)O[Si](C)(C)C.CCOCSC[Si](O)(O)O[Si](C)(C)O[Si](C)(C)C.CCOCSC[Si](O)(O)O[Si](C)(C)O[Si](C)(C)C.CCOCSC[Si](O)(O)O[Si](C)(C)O[Si](C)(C)C.O=CC=O.O=CC=O.O=CC=O.O=CC=O.O=CC=O.O=CC=O.O=CC=O.O=CC=O. The van der Waals surface area contributed by atoms with Gasteiger partial charge in [0.2, 0.25) is 0 Å². The average Bonchev–Trinajstić information content (AvgIpc) is 0.872. The molecule has 0 heterocycles. The van der Waals surface area contributed by atoms with E-state index in [1.54, 1.807) is 13.0 Å². The minimum Gasteiger partial charge on any atom is -0.480 e. The molecule has 0 radical (unpaired) electrons. The Bertz CT molecular complexity index is 2890. The number of aliphatic carboxylic acids is 1. The summed E-state index contributed by atoms with van der Waals surface area (Å²) < 4.78 is 108. The lowest BCUT2D eigenvalue weighted by atomic mass is 10.4. The topological polar surface area (TPSA) is 738 Å². The van der Waals surface area contributed by atoms with E-state index >= 15 is 0 Å². The van der Waals surface area contributed by atoms with Crippen molar-refractivity contribution in [2.75, 3.05) is 120 Å². The summed E-state index contributed by atoms with van der Waals surface area (Å²) in [5.41, 5.74) is 0. The third-order valence-electron chi connectivity index (χ3n) is 11.4. The lowest BCUT2D eigenvalue weighted by Crippen LogP contribution is -2.56. The molecule has 50 nitrogen and oxygen atoms in total. The van der Waals surface area contributed by atoms with E-state index in [0.717, 1.165) is 6.61 Å². The van der Waals surface area contributed by atoms with E-state index in [4.69, 9.17) is 165 Å². The molecule has 0 aromatic rings. The number of hydrogen-bond donors (Lipinski definition) is 13. The van der Waals surface area contributed by atoms with Crippen molar-refractivity contribution in [3.8, 4) is 0 Å². The summed E-state index contributed by atoms with van der Waals surface area (Å²) in [7, 11) is -43.5. The van der Waals surface area contributed by atoms with Crippen LogP contribution in [0.1, 0.15) is 61.8 Å². The van der Waals surface area contributed by atoms with Crippen molar-refractivity contribution < 1.29 is 232 Å². The van der Waals surface area contributed by atoms with E-state index in [1.807, 2.05) is 147 Å². The van der Waals surface area contributed by atoms with Gasteiger partial charge in [-0.25, -0.2) is 4.79 Å². The van der Waals surface area contributed by atoms with Gasteiger partial charge in [0.25, 0.3) is 5.97 Å². The van der Waals surface area contributed by atoms with Crippen LogP contribution in [-0.4, -0.2) is 441 Å². The van der Waals surface area contributed by atoms with Gasteiger partial charge in [-0.1, -0.05) is 6.08 Å². The van der Waals surface area contributed by atoms with Gasteiger partial charge in [-0.15, -0.1) is 41.9 Å². The lowest BCUT2D eigenvalue weighted by Gasteiger charge is -2.35. The Kier molecular flexibility index (Phi) is 130. The molecule has 70 heteroatoms. The van der Waals surface area contributed by atoms with Gasteiger partial charge in [-0.3, -0.25) is 76.7 Å². The third-order valence-corrected chi connectivity index (χ3v) is 64.7. The number of aliphatic hydroxyl groups is 2. The van der Waals surface area contributed by atoms with Gasteiger partial charge in [0.15, 0.2) is 150 Å². The highest BCUT2D eigenvalue weighted by Crippen LogP contribution is 2.27. The Labute approximate surface area is 921 Å².